The number of benzene rings is 2. The molecule has 0 radical (unpaired) electrons. The molecular weight excluding hydrogens is 451 g/mol. The van der Waals surface area contributed by atoms with Crippen LogP contribution >= 0.6 is 46.5 Å². The number of rotatable bonds is 5. The number of hydrogen-bond acceptors (Lipinski definition) is 7. The van der Waals surface area contributed by atoms with E-state index in [2.05, 4.69) is 9.59 Å². The molecule has 29 heavy (non-hydrogen) atoms. The van der Waals surface area contributed by atoms with Crippen molar-refractivity contribution in [3.63, 3.8) is 0 Å². The summed E-state index contributed by atoms with van der Waals surface area (Å²) in [5.74, 6) is 0.991. The predicted octanol–water partition coefficient (Wildman–Crippen LogP) is 5.15. The van der Waals surface area contributed by atoms with Gasteiger partial charge in [0.2, 0.25) is 0 Å². The highest BCUT2D eigenvalue weighted by Crippen LogP contribution is 2.31. The molecule has 4 rings (SSSR count). The first kappa shape index (κ1) is 20.2. The van der Waals surface area contributed by atoms with Gasteiger partial charge in [-0.15, -0.1) is 5.10 Å². The summed E-state index contributed by atoms with van der Waals surface area (Å²) < 4.78 is 11.4. The second kappa shape index (κ2) is 8.31. The minimum Gasteiger partial charge on any atom is -0.495 e. The van der Waals surface area contributed by atoms with Crippen molar-refractivity contribution in [3.05, 3.63) is 67.4 Å². The lowest BCUT2D eigenvalue weighted by atomic mass is 10.2. The van der Waals surface area contributed by atoms with Crippen LogP contribution in [0.5, 0.6) is 5.75 Å². The van der Waals surface area contributed by atoms with E-state index in [1.165, 1.54) is 11.8 Å². The van der Waals surface area contributed by atoms with Crippen LogP contribution < -0.4 is 10.3 Å². The van der Waals surface area contributed by atoms with E-state index < -0.39 is 0 Å². The van der Waals surface area contributed by atoms with Crippen LogP contribution in [0, 0.1) is 6.92 Å². The summed E-state index contributed by atoms with van der Waals surface area (Å²) in [7, 11) is 1.57. The van der Waals surface area contributed by atoms with Crippen LogP contribution in [-0.2, 0) is 5.75 Å². The van der Waals surface area contributed by atoms with Crippen LogP contribution in [0.1, 0.15) is 11.3 Å². The van der Waals surface area contributed by atoms with E-state index >= 15 is 0 Å². The highest BCUT2D eigenvalue weighted by Gasteiger charge is 2.18. The molecule has 10 heteroatoms. The Morgan fingerprint density at radius 1 is 1.21 bits per heavy atom. The lowest BCUT2D eigenvalue weighted by molar-refractivity contribution is 0.411. The summed E-state index contributed by atoms with van der Waals surface area (Å²) in [4.78, 5) is 18.1. The first-order chi connectivity index (χ1) is 14.0. The fourth-order valence-corrected chi connectivity index (χ4v) is 4.74. The molecule has 0 aliphatic carbocycles. The highest BCUT2D eigenvalue weighted by molar-refractivity contribution is 7.98. The van der Waals surface area contributed by atoms with Crippen molar-refractivity contribution in [2.75, 3.05) is 7.11 Å². The molecule has 148 valence electrons. The molecule has 6 nitrogen and oxygen atoms in total. The molecule has 0 atom stereocenters. The van der Waals surface area contributed by atoms with Crippen molar-refractivity contribution in [2.24, 2.45) is 0 Å². The van der Waals surface area contributed by atoms with E-state index in [4.69, 9.17) is 32.9 Å². The van der Waals surface area contributed by atoms with Gasteiger partial charge in [0.1, 0.15) is 15.8 Å². The van der Waals surface area contributed by atoms with Crippen molar-refractivity contribution in [1.29, 1.82) is 0 Å². The number of methoxy groups -OCH3 is 1. The fourth-order valence-electron chi connectivity index (χ4n) is 2.84. The molecule has 0 amide bonds. The van der Waals surface area contributed by atoms with Gasteiger partial charge in [0.05, 0.1) is 23.7 Å². The minimum atomic E-state index is -0.208. The Balaban J connectivity index is 1.94. The second-order valence-corrected chi connectivity index (χ2v) is 8.89. The molecule has 4 aromatic rings. The van der Waals surface area contributed by atoms with Gasteiger partial charge in [-0.25, -0.2) is 4.98 Å². The van der Waals surface area contributed by atoms with Crippen molar-refractivity contribution < 1.29 is 4.74 Å². The zero-order chi connectivity index (χ0) is 20.5. The summed E-state index contributed by atoms with van der Waals surface area (Å²) in [6, 6.07) is 10.7. The zero-order valence-corrected chi connectivity index (χ0v) is 18.5. The van der Waals surface area contributed by atoms with Gasteiger partial charge in [-0.2, -0.15) is 0 Å². The van der Waals surface area contributed by atoms with Crippen LogP contribution in [0.3, 0.4) is 0 Å². The number of thioether (sulfide) groups is 1. The van der Waals surface area contributed by atoms with Gasteiger partial charge in [0.15, 0.2) is 5.16 Å². The maximum atomic E-state index is 13.4. The maximum Gasteiger partial charge on any atom is 0.266 e. The molecule has 0 unspecified atom stereocenters. The summed E-state index contributed by atoms with van der Waals surface area (Å²) in [6.45, 7) is 1.95. The lowest BCUT2D eigenvalue weighted by Gasteiger charge is -2.16. The Kier molecular flexibility index (Phi) is 5.78. The molecule has 2 aromatic carbocycles. The van der Waals surface area contributed by atoms with E-state index in [0.29, 0.717) is 48.3 Å². The number of aromatic nitrogens is 4. The van der Waals surface area contributed by atoms with Gasteiger partial charge in [0, 0.05) is 22.3 Å². The van der Waals surface area contributed by atoms with E-state index in [1.807, 2.05) is 25.1 Å². The second-order valence-electron chi connectivity index (χ2n) is 6.15. The smallest absolute Gasteiger partial charge is 0.266 e. The van der Waals surface area contributed by atoms with Crippen molar-refractivity contribution >= 4 is 57.4 Å². The molecule has 0 bridgehead atoms. The molecule has 0 aliphatic rings. The average Bonchev–Trinajstić information content (AvgIpc) is 3.11. The van der Waals surface area contributed by atoms with Gasteiger partial charge in [0.25, 0.3) is 5.56 Å². The van der Waals surface area contributed by atoms with Crippen LogP contribution in [0.15, 0.2) is 46.3 Å². The molecule has 0 N–H and O–H groups in total. The molecule has 0 saturated heterocycles. The largest absolute Gasteiger partial charge is 0.495 e. The third-order valence-corrected chi connectivity index (χ3v) is 6.39. The quantitative estimate of drug-likeness (QED) is 0.300. The van der Waals surface area contributed by atoms with Crippen molar-refractivity contribution in [2.45, 2.75) is 17.8 Å². The molecule has 2 heterocycles. The number of ether oxygens (including phenoxy) is 1. The Morgan fingerprint density at radius 2 is 2.03 bits per heavy atom. The van der Waals surface area contributed by atoms with Crippen LogP contribution in [-0.4, -0.2) is 26.2 Å². The fraction of sp³-hybridized carbons (Fsp3) is 0.158. The van der Waals surface area contributed by atoms with Crippen LogP contribution in [0.4, 0.5) is 0 Å². The lowest BCUT2D eigenvalue weighted by Crippen LogP contribution is -2.22. The SMILES string of the molecule is COc1ccc(C)cc1-n1c(SCc2nnsc2Cl)nc2cc(Cl)ccc2c1=O. The molecule has 0 saturated carbocycles. The Hall–Kier alpha value is -2.13. The number of aryl methyl sites for hydroxylation is 1. The maximum absolute atomic E-state index is 13.4. The van der Waals surface area contributed by atoms with Crippen LogP contribution in [0.25, 0.3) is 16.6 Å². The third-order valence-electron chi connectivity index (χ3n) is 4.22. The van der Waals surface area contributed by atoms with E-state index in [9.17, 15) is 4.79 Å². The van der Waals surface area contributed by atoms with E-state index in [0.717, 1.165) is 17.1 Å². The topological polar surface area (TPSA) is 69.9 Å². The molecule has 2 aromatic heterocycles. The Morgan fingerprint density at radius 3 is 2.76 bits per heavy atom. The number of fused-ring (bicyclic) bond motifs is 1. The number of halogens is 2. The zero-order valence-electron chi connectivity index (χ0n) is 15.3. The minimum absolute atomic E-state index is 0.208. The van der Waals surface area contributed by atoms with Gasteiger partial charge in [-0.05, 0) is 42.8 Å². The Bertz CT molecular complexity index is 1270. The third kappa shape index (κ3) is 3.98. The average molecular weight is 465 g/mol. The summed E-state index contributed by atoms with van der Waals surface area (Å²) >= 11 is 14.7. The first-order valence-electron chi connectivity index (χ1n) is 8.45. The molecular formula is C19H14Cl2N4O2S2. The van der Waals surface area contributed by atoms with Gasteiger partial charge >= 0.3 is 0 Å². The molecule has 0 fully saturated rings. The first-order valence-corrected chi connectivity index (χ1v) is 11.0. The van der Waals surface area contributed by atoms with Gasteiger partial charge < -0.3 is 4.74 Å². The predicted molar refractivity (Wildman–Crippen MR) is 118 cm³/mol. The van der Waals surface area contributed by atoms with Gasteiger partial charge in [-0.3, -0.25) is 9.36 Å². The van der Waals surface area contributed by atoms with Crippen molar-refractivity contribution in [1.82, 2.24) is 19.1 Å². The standard InChI is InChI=1S/C19H14Cl2N4O2S2/c1-10-3-6-16(27-2)15(7-10)25-18(26)12-5-4-11(20)8-13(12)22-19(25)28-9-14-17(21)29-24-23-14/h3-8H,9H2,1-2H3. The summed E-state index contributed by atoms with van der Waals surface area (Å²) in [5.41, 5.74) is 2.57. The highest BCUT2D eigenvalue weighted by atomic mass is 35.5. The monoisotopic (exact) mass is 464 g/mol. The number of nitrogens with zero attached hydrogens (tertiary/aromatic N) is 4. The van der Waals surface area contributed by atoms with E-state index in [1.54, 1.807) is 29.9 Å². The van der Waals surface area contributed by atoms with Crippen molar-refractivity contribution in [3.8, 4) is 11.4 Å². The van der Waals surface area contributed by atoms with E-state index in [-0.39, 0.29) is 5.56 Å². The van der Waals surface area contributed by atoms with Gasteiger partial charge in [-0.1, -0.05) is 45.5 Å². The number of hydrogen-bond donors (Lipinski definition) is 0. The van der Waals surface area contributed by atoms with Crippen LogP contribution in [0.2, 0.25) is 9.36 Å². The summed E-state index contributed by atoms with van der Waals surface area (Å²) in [5, 5.41) is 5.50. The summed E-state index contributed by atoms with van der Waals surface area (Å²) in [6.07, 6.45) is 0. The molecule has 0 aliphatic heterocycles. The molecule has 0 spiro atoms. The normalized spacial score (nSPS) is 11.2. The Labute approximate surface area is 184 Å².